The summed E-state index contributed by atoms with van der Waals surface area (Å²) in [6.07, 6.45) is 0.202. The number of hydrogen-bond donors (Lipinski definition) is 2. The first-order valence-electron chi connectivity index (χ1n) is 9.51. The number of ether oxygens (including phenoxy) is 1. The van der Waals surface area contributed by atoms with E-state index in [1.54, 1.807) is 18.4 Å². The van der Waals surface area contributed by atoms with Crippen molar-refractivity contribution in [1.29, 1.82) is 0 Å². The highest BCUT2D eigenvalue weighted by Gasteiger charge is 2.21. The molecule has 0 saturated carbocycles. The number of aromatic nitrogens is 1. The predicted molar refractivity (Wildman–Crippen MR) is 125 cm³/mol. The van der Waals surface area contributed by atoms with Crippen LogP contribution in [0.2, 0.25) is 0 Å². The van der Waals surface area contributed by atoms with Gasteiger partial charge in [0.1, 0.15) is 5.01 Å². The second kappa shape index (κ2) is 11.5. The lowest BCUT2D eigenvalue weighted by atomic mass is 9.93. The topological polar surface area (TPSA) is 61.8 Å². The van der Waals surface area contributed by atoms with Crippen LogP contribution in [0.3, 0.4) is 0 Å². The fourth-order valence-corrected chi connectivity index (χ4v) is 3.87. The van der Waals surface area contributed by atoms with Gasteiger partial charge in [-0.05, 0) is 5.92 Å². The van der Waals surface area contributed by atoms with Gasteiger partial charge in [-0.15, -0.1) is 35.3 Å². The Bertz CT molecular complexity index is 585. The molecule has 1 saturated heterocycles. The second-order valence-corrected chi connectivity index (χ2v) is 9.27. The number of rotatable bonds is 6. The van der Waals surface area contributed by atoms with E-state index < -0.39 is 0 Å². The minimum atomic E-state index is 0. The van der Waals surface area contributed by atoms with Gasteiger partial charge in [0.15, 0.2) is 5.96 Å². The van der Waals surface area contributed by atoms with Gasteiger partial charge < -0.3 is 15.4 Å². The highest BCUT2D eigenvalue weighted by Crippen LogP contribution is 2.23. The Morgan fingerprint density at radius 2 is 2.15 bits per heavy atom. The van der Waals surface area contributed by atoms with Crippen molar-refractivity contribution in [2.45, 2.75) is 52.7 Å². The number of nitrogens with one attached hydrogen (secondary N) is 2. The maximum atomic E-state index is 5.89. The third-order valence-electron chi connectivity index (χ3n) is 4.29. The second-order valence-electron chi connectivity index (χ2n) is 8.33. The van der Waals surface area contributed by atoms with Crippen molar-refractivity contribution in [2.75, 3.05) is 39.8 Å². The van der Waals surface area contributed by atoms with Gasteiger partial charge in [-0.3, -0.25) is 9.89 Å². The van der Waals surface area contributed by atoms with E-state index in [1.807, 2.05) is 0 Å². The largest absolute Gasteiger partial charge is 0.374 e. The van der Waals surface area contributed by atoms with Crippen molar-refractivity contribution in [3.05, 3.63) is 16.1 Å². The van der Waals surface area contributed by atoms with Crippen LogP contribution < -0.4 is 10.6 Å². The first-order chi connectivity index (χ1) is 12.3. The van der Waals surface area contributed by atoms with Crippen molar-refractivity contribution >= 4 is 41.3 Å². The summed E-state index contributed by atoms with van der Waals surface area (Å²) in [4.78, 5) is 11.5. The van der Waals surface area contributed by atoms with Crippen LogP contribution in [0.25, 0.3) is 0 Å². The summed E-state index contributed by atoms with van der Waals surface area (Å²) in [6, 6.07) is 0. The van der Waals surface area contributed by atoms with Crippen molar-refractivity contribution < 1.29 is 4.74 Å². The van der Waals surface area contributed by atoms with Crippen LogP contribution in [0.15, 0.2) is 10.4 Å². The van der Waals surface area contributed by atoms with Crippen molar-refractivity contribution in [2.24, 2.45) is 10.9 Å². The van der Waals surface area contributed by atoms with Crippen LogP contribution in [0.4, 0.5) is 0 Å². The Balaban J connectivity index is 0.00000364. The van der Waals surface area contributed by atoms with Gasteiger partial charge in [0, 0.05) is 44.0 Å². The number of nitrogens with zero attached hydrogens (tertiary/aromatic N) is 3. The zero-order valence-electron chi connectivity index (χ0n) is 17.5. The van der Waals surface area contributed by atoms with Gasteiger partial charge in [-0.25, -0.2) is 4.98 Å². The van der Waals surface area contributed by atoms with E-state index in [-0.39, 0.29) is 35.5 Å². The van der Waals surface area contributed by atoms with Gasteiger partial charge in [0.2, 0.25) is 0 Å². The highest BCUT2D eigenvalue weighted by atomic mass is 127. The monoisotopic (exact) mass is 509 g/mol. The maximum absolute atomic E-state index is 5.89. The minimum absolute atomic E-state index is 0. The number of morpholine rings is 1. The molecule has 8 heteroatoms. The van der Waals surface area contributed by atoms with Gasteiger partial charge in [-0.2, -0.15) is 0 Å². The fourth-order valence-electron chi connectivity index (χ4n) is 2.91. The van der Waals surface area contributed by atoms with Gasteiger partial charge in [0.05, 0.1) is 24.9 Å². The molecule has 0 aromatic carbocycles. The van der Waals surface area contributed by atoms with Crippen molar-refractivity contribution in [1.82, 2.24) is 20.5 Å². The molecule has 1 unspecified atom stereocenters. The fraction of sp³-hybridized carbons (Fsp3) is 0.789. The van der Waals surface area contributed by atoms with Crippen LogP contribution in [-0.2, 0) is 16.7 Å². The summed E-state index contributed by atoms with van der Waals surface area (Å²) < 4.78 is 5.89. The third-order valence-corrected chi connectivity index (χ3v) is 5.14. The van der Waals surface area contributed by atoms with E-state index in [1.165, 1.54) is 0 Å². The molecule has 1 atom stereocenters. The molecular formula is C19H36IN5OS. The molecule has 1 aliphatic heterocycles. The first-order valence-corrected chi connectivity index (χ1v) is 10.4. The van der Waals surface area contributed by atoms with E-state index >= 15 is 0 Å². The highest BCUT2D eigenvalue weighted by molar-refractivity contribution is 14.0. The number of hydrogen-bond acceptors (Lipinski definition) is 5. The Morgan fingerprint density at radius 1 is 1.41 bits per heavy atom. The van der Waals surface area contributed by atoms with E-state index in [9.17, 15) is 0 Å². The molecule has 0 radical (unpaired) electrons. The first kappa shape index (κ1) is 24.6. The summed E-state index contributed by atoms with van der Waals surface area (Å²) in [6.45, 7) is 16.5. The normalized spacial score (nSPS) is 19.1. The van der Waals surface area contributed by atoms with Crippen LogP contribution in [0.5, 0.6) is 0 Å². The smallest absolute Gasteiger partial charge is 0.191 e. The molecular weight excluding hydrogens is 473 g/mol. The van der Waals surface area contributed by atoms with Gasteiger partial charge in [0.25, 0.3) is 0 Å². The summed E-state index contributed by atoms with van der Waals surface area (Å²) in [7, 11) is 1.80. The molecule has 1 aromatic heterocycles. The Hall–Kier alpha value is -0.450. The van der Waals surface area contributed by atoms with Crippen LogP contribution in [0, 0.1) is 5.92 Å². The molecule has 1 aromatic rings. The molecule has 0 spiro atoms. The van der Waals surface area contributed by atoms with Crippen molar-refractivity contribution in [3.8, 4) is 0 Å². The molecule has 0 aliphatic carbocycles. The lowest BCUT2D eigenvalue weighted by Crippen LogP contribution is -2.50. The van der Waals surface area contributed by atoms with E-state index in [0.29, 0.717) is 12.5 Å². The molecule has 1 fully saturated rings. The minimum Gasteiger partial charge on any atom is -0.374 e. The molecule has 2 N–H and O–H groups in total. The number of aliphatic imine (C=N–C) groups is 1. The zero-order valence-corrected chi connectivity index (χ0v) is 20.7. The Labute approximate surface area is 185 Å². The molecule has 2 rings (SSSR count). The van der Waals surface area contributed by atoms with Crippen LogP contribution in [-0.4, -0.2) is 61.8 Å². The summed E-state index contributed by atoms with van der Waals surface area (Å²) in [5.74, 6) is 1.48. The molecule has 27 heavy (non-hydrogen) atoms. The number of thiazole rings is 1. The predicted octanol–water partition coefficient (Wildman–Crippen LogP) is 3.08. The van der Waals surface area contributed by atoms with E-state index in [2.05, 4.69) is 60.5 Å². The average Bonchev–Trinajstić information content (AvgIpc) is 3.04. The van der Waals surface area contributed by atoms with Gasteiger partial charge in [-0.1, -0.05) is 34.6 Å². The third kappa shape index (κ3) is 8.62. The van der Waals surface area contributed by atoms with E-state index in [4.69, 9.17) is 9.72 Å². The van der Waals surface area contributed by atoms with Crippen LogP contribution >= 0.6 is 35.3 Å². The van der Waals surface area contributed by atoms with Crippen LogP contribution in [0.1, 0.15) is 45.3 Å². The molecule has 2 heterocycles. The maximum Gasteiger partial charge on any atom is 0.191 e. The lowest BCUT2D eigenvalue weighted by Gasteiger charge is -2.34. The van der Waals surface area contributed by atoms with E-state index in [0.717, 1.165) is 49.4 Å². The molecule has 0 amide bonds. The molecule has 156 valence electrons. The zero-order chi connectivity index (χ0) is 19.2. The summed E-state index contributed by atoms with van der Waals surface area (Å²) in [5, 5.41) is 9.96. The standard InChI is InChI=1S/C19H35N5OS.HI/c1-14(2)11-24-7-8-25-15(12-24)9-21-18(20-6)22-10-17-23-16(13-26-17)19(3,4)5;/h13-15H,7-12H2,1-6H3,(H2,20,21,22);1H. The van der Waals surface area contributed by atoms with Crippen molar-refractivity contribution in [3.63, 3.8) is 0 Å². The number of halogens is 1. The molecule has 0 bridgehead atoms. The summed E-state index contributed by atoms with van der Waals surface area (Å²) in [5.41, 5.74) is 1.23. The molecule has 6 nitrogen and oxygen atoms in total. The average molecular weight is 510 g/mol. The van der Waals surface area contributed by atoms with Gasteiger partial charge >= 0.3 is 0 Å². The number of guanidine groups is 1. The summed E-state index contributed by atoms with van der Waals surface area (Å²) >= 11 is 1.69. The quantitative estimate of drug-likeness (QED) is 0.351. The molecule has 1 aliphatic rings. The Morgan fingerprint density at radius 3 is 2.74 bits per heavy atom. The Kier molecular flexibility index (Phi) is 10.5. The SMILES string of the molecule is CN=C(NCc1nc(C(C)(C)C)cs1)NCC1CN(CC(C)C)CCO1.I. The lowest BCUT2D eigenvalue weighted by molar-refractivity contribution is -0.0284.